The van der Waals surface area contributed by atoms with Crippen LogP contribution in [0.25, 0.3) is 0 Å². The summed E-state index contributed by atoms with van der Waals surface area (Å²) in [6, 6.07) is 0. The summed E-state index contributed by atoms with van der Waals surface area (Å²) in [5.74, 6) is 0.611. The van der Waals surface area contributed by atoms with Gasteiger partial charge in [0.25, 0.3) is 0 Å². The van der Waals surface area contributed by atoms with Gasteiger partial charge in [-0.2, -0.15) is 0 Å². The van der Waals surface area contributed by atoms with Gasteiger partial charge in [-0.15, -0.1) is 0 Å². The molecule has 1 saturated heterocycles. The van der Waals surface area contributed by atoms with Crippen LogP contribution < -0.4 is 5.32 Å². The molecule has 0 unspecified atom stereocenters. The van der Waals surface area contributed by atoms with Crippen molar-refractivity contribution in [3.8, 4) is 0 Å². The zero-order valence-corrected chi connectivity index (χ0v) is 9.79. The molecule has 0 aromatic heterocycles. The zero-order valence-electron chi connectivity index (χ0n) is 9.79. The summed E-state index contributed by atoms with van der Waals surface area (Å²) < 4.78 is 5.03. The second-order valence-corrected chi connectivity index (χ2v) is 4.21. The summed E-state index contributed by atoms with van der Waals surface area (Å²) in [6.07, 6.45) is 2.46. The van der Waals surface area contributed by atoms with E-state index in [1.807, 2.05) is 6.92 Å². The molecule has 1 atom stereocenters. The first kappa shape index (κ1) is 12.5. The fourth-order valence-electron chi connectivity index (χ4n) is 1.94. The second-order valence-electron chi connectivity index (χ2n) is 4.21. The van der Waals surface area contributed by atoms with Gasteiger partial charge in [-0.25, -0.2) is 0 Å². The van der Waals surface area contributed by atoms with Gasteiger partial charge in [0.05, 0.1) is 0 Å². The number of carbonyl (C=O) groups excluding carboxylic acids is 1. The molecular weight excluding hydrogens is 192 g/mol. The second kappa shape index (κ2) is 6.80. The van der Waals surface area contributed by atoms with Gasteiger partial charge in [0.1, 0.15) is 6.61 Å². The molecule has 4 nitrogen and oxygen atoms in total. The molecule has 1 rings (SSSR count). The predicted octanol–water partition coefficient (Wildman–Crippen LogP) is 0.481. The third kappa shape index (κ3) is 5.14. The van der Waals surface area contributed by atoms with Crippen LogP contribution in [0, 0.1) is 5.92 Å². The van der Waals surface area contributed by atoms with E-state index in [0.717, 1.165) is 13.1 Å². The topological polar surface area (TPSA) is 41.6 Å². The van der Waals surface area contributed by atoms with Crippen molar-refractivity contribution in [1.82, 2.24) is 10.2 Å². The fraction of sp³-hybridized carbons (Fsp3) is 0.909. The lowest BCUT2D eigenvalue weighted by Crippen LogP contribution is -2.40. The van der Waals surface area contributed by atoms with E-state index in [0.29, 0.717) is 12.5 Å². The Morgan fingerprint density at radius 2 is 2.40 bits per heavy atom. The van der Waals surface area contributed by atoms with Crippen LogP contribution in [-0.4, -0.2) is 50.7 Å². The highest BCUT2D eigenvalue weighted by Crippen LogP contribution is 2.13. The molecule has 1 amide bonds. The van der Waals surface area contributed by atoms with Crippen LogP contribution in [0.1, 0.15) is 19.8 Å². The van der Waals surface area contributed by atoms with Gasteiger partial charge in [0.2, 0.25) is 5.91 Å². The summed E-state index contributed by atoms with van der Waals surface area (Å²) in [6.45, 7) is 5.75. The minimum Gasteiger partial charge on any atom is -0.372 e. The molecule has 0 bridgehead atoms. The molecule has 1 fully saturated rings. The fourth-order valence-corrected chi connectivity index (χ4v) is 1.94. The van der Waals surface area contributed by atoms with Crippen LogP contribution >= 0.6 is 0 Å². The van der Waals surface area contributed by atoms with Crippen LogP contribution in [0.3, 0.4) is 0 Å². The number of hydrogen-bond acceptors (Lipinski definition) is 3. The number of likely N-dealkylation sites (tertiary alicyclic amines) is 1. The van der Waals surface area contributed by atoms with Crippen LogP contribution in [0.2, 0.25) is 0 Å². The van der Waals surface area contributed by atoms with E-state index < -0.39 is 0 Å². The van der Waals surface area contributed by atoms with E-state index >= 15 is 0 Å². The first-order valence-electron chi connectivity index (χ1n) is 5.75. The average Bonchev–Trinajstić information content (AvgIpc) is 2.23. The van der Waals surface area contributed by atoms with Crippen LogP contribution in [0.15, 0.2) is 0 Å². The number of hydrogen-bond donors (Lipinski definition) is 1. The molecule has 1 aliphatic rings. The summed E-state index contributed by atoms with van der Waals surface area (Å²) in [7, 11) is 2.13. The van der Waals surface area contributed by atoms with Crippen molar-refractivity contribution in [2.75, 3.05) is 39.9 Å². The third-order valence-electron chi connectivity index (χ3n) is 2.75. The van der Waals surface area contributed by atoms with Crippen LogP contribution in [0.4, 0.5) is 0 Å². The molecule has 1 N–H and O–H groups in total. The van der Waals surface area contributed by atoms with E-state index in [4.69, 9.17) is 4.74 Å². The zero-order chi connectivity index (χ0) is 11.1. The maximum atomic E-state index is 11.3. The minimum absolute atomic E-state index is 0.00470. The molecular formula is C11H22N2O2. The molecule has 0 radical (unpaired) electrons. The van der Waals surface area contributed by atoms with Crippen molar-refractivity contribution in [3.05, 3.63) is 0 Å². The van der Waals surface area contributed by atoms with Gasteiger partial charge in [-0.1, -0.05) is 0 Å². The van der Waals surface area contributed by atoms with E-state index in [1.165, 1.54) is 19.4 Å². The summed E-state index contributed by atoms with van der Waals surface area (Å²) in [5.41, 5.74) is 0. The lowest BCUT2D eigenvalue weighted by Gasteiger charge is -2.29. The Morgan fingerprint density at radius 1 is 1.60 bits per heavy atom. The molecule has 1 aliphatic heterocycles. The molecule has 0 aromatic carbocycles. The maximum Gasteiger partial charge on any atom is 0.246 e. The number of carbonyl (C=O) groups is 1. The molecule has 0 spiro atoms. The van der Waals surface area contributed by atoms with Crippen molar-refractivity contribution in [2.45, 2.75) is 19.8 Å². The summed E-state index contributed by atoms with van der Waals surface area (Å²) in [5, 5.41) is 2.92. The lowest BCUT2D eigenvalue weighted by atomic mass is 9.98. The lowest BCUT2D eigenvalue weighted by molar-refractivity contribution is -0.125. The Morgan fingerprint density at radius 3 is 3.07 bits per heavy atom. The number of amides is 1. The Hall–Kier alpha value is -0.610. The first-order chi connectivity index (χ1) is 7.22. The molecule has 4 heteroatoms. The normalized spacial score (nSPS) is 22.7. The third-order valence-corrected chi connectivity index (χ3v) is 2.75. The number of nitrogens with zero attached hydrogens (tertiary/aromatic N) is 1. The Kier molecular flexibility index (Phi) is 5.65. The highest BCUT2D eigenvalue weighted by molar-refractivity contribution is 5.77. The van der Waals surface area contributed by atoms with Gasteiger partial charge in [0, 0.05) is 19.7 Å². The van der Waals surface area contributed by atoms with E-state index in [2.05, 4.69) is 17.3 Å². The molecule has 0 saturated carbocycles. The van der Waals surface area contributed by atoms with Gasteiger partial charge >= 0.3 is 0 Å². The van der Waals surface area contributed by atoms with Gasteiger partial charge in [-0.3, -0.25) is 4.79 Å². The highest BCUT2D eigenvalue weighted by Gasteiger charge is 2.17. The monoisotopic (exact) mass is 214 g/mol. The minimum atomic E-state index is 0.00470. The van der Waals surface area contributed by atoms with E-state index in [-0.39, 0.29) is 12.5 Å². The van der Waals surface area contributed by atoms with Gasteiger partial charge in [-0.05, 0) is 39.3 Å². The Balaban J connectivity index is 2.10. The van der Waals surface area contributed by atoms with E-state index in [1.54, 1.807) is 0 Å². The smallest absolute Gasteiger partial charge is 0.246 e. The van der Waals surface area contributed by atoms with E-state index in [9.17, 15) is 4.79 Å². The van der Waals surface area contributed by atoms with Crippen molar-refractivity contribution >= 4 is 5.91 Å². The van der Waals surface area contributed by atoms with Gasteiger partial charge < -0.3 is 15.0 Å². The molecule has 0 aromatic rings. The van der Waals surface area contributed by atoms with Crippen molar-refractivity contribution < 1.29 is 9.53 Å². The summed E-state index contributed by atoms with van der Waals surface area (Å²) in [4.78, 5) is 13.6. The van der Waals surface area contributed by atoms with Crippen molar-refractivity contribution in [2.24, 2.45) is 5.92 Å². The number of nitrogens with one attached hydrogen (secondary N) is 1. The Bertz CT molecular complexity index is 197. The van der Waals surface area contributed by atoms with Crippen molar-refractivity contribution in [1.29, 1.82) is 0 Å². The number of ether oxygens (including phenoxy) is 1. The molecule has 1 heterocycles. The maximum absolute atomic E-state index is 11.3. The summed E-state index contributed by atoms with van der Waals surface area (Å²) >= 11 is 0. The molecule has 15 heavy (non-hydrogen) atoms. The SMILES string of the molecule is CCOCC(=O)NC[C@@H]1CCCN(C)C1. The van der Waals surface area contributed by atoms with Crippen LogP contribution in [-0.2, 0) is 9.53 Å². The van der Waals surface area contributed by atoms with Gasteiger partial charge in [0.15, 0.2) is 0 Å². The Labute approximate surface area is 92.0 Å². The van der Waals surface area contributed by atoms with Crippen molar-refractivity contribution in [3.63, 3.8) is 0 Å². The largest absolute Gasteiger partial charge is 0.372 e. The first-order valence-corrected chi connectivity index (χ1v) is 5.75. The quantitative estimate of drug-likeness (QED) is 0.724. The number of rotatable bonds is 5. The standard InChI is InChI=1S/C11H22N2O2/c1-3-15-9-11(14)12-7-10-5-4-6-13(2)8-10/h10H,3-9H2,1-2H3,(H,12,14)/t10-/m0/s1. The highest BCUT2D eigenvalue weighted by atomic mass is 16.5. The average molecular weight is 214 g/mol. The predicted molar refractivity (Wildman–Crippen MR) is 59.7 cm³/mol. The molecule has 88 valence electrons. The van der Waals surface area contributed by atoms with Crippen LogP contribution in [0.5, 0.6) is 0 Å². The molecule has 0 aliphatic carbocycles. The number of piperidine rings is 1.